The Bertz CT molecular complexity index is 1310. The zero-order valence-electron chi connectivity index (χ0n) is 16.6. The Morgan fingerprint density at radius 1 is 1.13 bits per heavy atom. The molecule has 31 heavy (non-hydrogen) atoms. The first-order valence-electron chi connectivity index (χ1n) is 10.2. The third-order valence-corrected chi connectivity index (χ3v) is 5.89. The molecule has 2 aliphatic rings. The van der Waals surface area contributed by atoms with Gasteiger partial charge in [-0.15, -0.1) is 5.10 Å². The van der Waals surface area contributed by atoms with Crippen LogP contribution in [-0.2, 0) is 25.9 Å². The lowest BCUT2D eigenvalue weighted by molar-refractivity contribution is -0.186. The Kier molecular flexibility index (Phi) is 3.88. The first-order chi connectivity index (χ1) is 15.0. The number of anilines is 1. The number of hydrogen-bond donors (Lipinski definition) is 1. The molecule has 0 saturated carbocycles. The van der Waals surface area contributed by atoms with Crippen LogP contribution in [0.15, 0.2) is 30.5 Å². The van der Waals surface area contributed by atoms with E-state index in [4.69, 9.17) is 10.5 Å². The van der Waals surface area contributed by atoms with Crippen molar-refractivity contribution in [3.05, 3.63) is 53.1 Å². The summed E-state index contributed by atoms with van der Waals surface area (Å²) < 4.78 is 34.1. The van der Waals surface area contributed by atoms with Crippen molar-refractivity contribution in [1.82, 2.24) is 29.5 Å². The van der Waals surface area contributed by atoms with E-state index in [1.807, 2.05) is 18.3 Å². The number of hydrogen-bond acceptors (Lipinski definition) is 7. The average molecular weight is 423 g/mol. The van der Waals surface area contributed by atoms with Crippen LogP contribution < -0.4 is 10.5 Å². The summed E-state index contributed by atoms with van der Waals surface area (Å²) in [6, 6.07) is 7.65. The number of ether oxygens (including phenoxy) is 1. The van der Waals surface area contributed by atoms with Gasteiger partial charge < -0.3 is 10.5 Å². The van der Waals surface area contributed by atoms with E-state index in [0.717, 1.165) is 25.3 Å². The lowest BCUT2D eigenvalue weighted by atomic mass is 10.0. The van der Waals surface area contributed by atoms with Gasteiger partial charge in [-0.05, 0) is 29.7 Å². The Hall–Kier alpha value is -3.40. The smallest absolute Gasteiger partial charge is 0.398 e. The summed E-state index contributed by atoms with van der Waals surface area (Å²) in [5, 5.41) is 5.09. The van der Waals surface area contributed by atoms with Crippen LogP contribution in [0, 0.1) is 0 Å². The van der Waals surface area contributed by atoms with E-state index >= 15 is 0 Å². The molecule has 0 atom stereocenters. The van der Waals surface area contributed by atoms with Gasteiger partial charge in [0, 0.05) is 37.6 Å². The minimum absolute atomic E-state index is 0.0785. The van der Waals surface area contributed by atoms with Gasteiger partial charge in [-0.3, -0.25) is 9.88 Å². The standard InChI is InChI=1S/C21H19F2N7O/c22-21(23)7-5-12-3-4-14-17(18(12)31-21)27-20(24)30-19(14)26-16(28-30)6-9-29-10-13-2-1-8-25-15(13)11-29/h1-4,8H,5-7,9-11H2,(H2,24,27). The topological polar surface area (TPSA) is 94.5 Å². The number of pyridine rings is 1. The monoisotopic (exact) mass is 423 g/mol. The Morgan fingerprint density at radius 2 is 2.03 bits per heavy atom. The van der Waals surface area contributed by atoms with Crippen LogP contribution in [-0.4, -0.2) is 42.1 Å². The Labute approximate surface area is 175 Å². The van der Waals surface area contributed by atoms with Crippen molar-refractivity contribution >= 4 is 22.5 Å². The number of alkyl halides is 2. The number of benzene rings is 1. The predicted octanol–water partition coefficient (Wildman–Crippen LogP) is 2.73. The molecule has 0 radical (unpaired) electrons. The lowest BCUT2D eigenvalue weighted by Crippen LogP contribution is -2.29. The second-order valence-electron chi connectivity index (χ2n) is 7.99. The maximum Gasteiger partial charge on any atom is 0.398 e. The fourth-order valence-corrected chi connectivity index (χ4v) is 4.33. The van der Waals surface area contributed by atoms with Gasteiger partial charge in [0.2, 0.25) is 5.95 Å². The molecule has 0 unspecified atom stereocenters. The van der Waals surface area contributed by atoms with Crippen LogP contribution >= 0.6 is 0 Å². The molecule has 0 aliphatic carbocycles. The molecule has 0 spiro atoms. The van der Waals surface area contributed by atoms with Gasteiger partial charge in [0.25, 0.3) is 0 Å². The summed E-state index contributed by atoms with van der Waals surface area (Å²) in [5.41, 5.74) is 9.92. The SMILES string of the molecule is Nc1nc2c3c(ccc2c2nc(CCN4Cc5cccnc5C4)nn12)CCC(F)(F)O3. The zero-order valence-corrected chi connectivity index (χ0v) is 16.6. The van der Waals surface area contributed by atoms with Gasteiger partial charge in [-0.2, -0.15) is 13.3 Å². The normalized spacial score (nSPS) is 17.6. The molecule has 3 aromatic heterocycles. The summed E-state index contributed by atoms with van der Waals surface area (Å²) in [6.45, 7) is 2.41. The summed E-state index contributed by atoms with van der Waals surface area (Å²) in [6.07, 6.45) is -0.920. The fourth-order valence-electron chi connectivity index (χ4n) is 4.33. The zero-order chi connectivity index (χ0) is 21.2. The van der Waals surface area contributed by atoms with E-state index in [1.165, 1.54) is 10.1 Å². The van der Waals surface area contributed by atoms with Gasteiger partial charge in [0.1, 0.15) is 5.52 Å². The van der Waals surface area contributed by atoms with Crippen LogP contribution in [0.3, 0.4) is 0 Å². The molecule has 1 aromatic carbocycles. The van der Waals surface area contributed by atoms with Crippen molar-refractivity contribution in [2.24, 2.45) is 0 Å². The molecule has 6 rings (SSSR count). The van der Waals surface area contributed by atoms with Gasteiger partial charge in [0.15, 0.2) is 17.2 Å². The lowest BCUT2D eigenvalue weighted by Gasteiger charge is -2.25. The highest BCUT2D eigenvalue weighted by atomic mass is 19.3. The van der Waals surface area contributed by atoms with E-state index in [2.05, 4.69) is 31.0 Å². The van der Waals surface area contributed by atoms with E-state index < -0.39 is 6.11 Å². The van der Waals surface area contributed by atoms with Crippen molar-refractivity contribution in [3.63, 3.8) is 0 Å². The average Bonchev–Trinajstić information content (AvgIpc) is 3.36. The number of fused-ring (bicyclic) bond motifs is 6. The first-order valence-corrected chi connectivity index (χ1v) is 10.2. The quantitative estimate of drug-likeness (QED) is 0.541. The van der Waals surface area contributed by atoms with E-state index in [0.29, 0.717) is 34.4 Å². The molecule has 2 N–H and O–H groups in total. The van der Waals surface area contributed by atoms with Crippen molar-refractivity contribution in [2.75, 3.05) is 12.3 Å². The Balaban J connectivity index is 1.32. The third-order valence-electron chi connectivity index (χ3n) is 5.89. The highest BCUT2D eigenvalue weighted by molar-refractivity contribution is 5.96. The number of nitrogens with zero attached hydrogens (tertiary/aromatic N) is 6. The van der Waals surface area contributed by atoms with Crippen LogP contribution in [0.2, 0.25) is 0 Å². The van der Waals surface area contributed by atoms with Crippen molar-refractivity contribution in [1.29, 1.82) is 0 Å². The second-order valence-corrected chi connectivity index (χ2v) is 7.99. The minimum Gasteiger partial charge on any atom is -0.430 e. The Morgan fingerprint density at radius 3 is 2.90 bits per heavy atom. The van der Waals surface area contributed by atoms with Gasteiger partial charge in [0.05, 0.1) is 12.1 Å². The number of nitrogens with two attached hydrogens (primary N) is 1. The van der Waals surface area contributed by atoms with Gasteiger partial charge >= 0.3 is 6.11 Å². The van der Waals surface area contributed by atoms with Crippen molar-refractivity contribution in [2.45, 2.75) is 38.5 Å². The largest absolute Gasteiger partial charge is 0.430 e. The molecular weight excluding hydrogens is 404 g/mol. The molecule has 5 heterocycles. The summed E-state index contributed by atoms with van der Waals surface area (Å²) in [7, 11) is 0. The number of halogens is 2. The molecule has 10 heteroatoms. The van der Waals surface area contributed by atoms with Crippen LogP contribution in [0.25, 0.3) is 16.6 Å². The molecule has 8 nitrogen and oxygen atoms in total. The number of nitrogen functional groups attached to an aromatic ring is 1. The number of aromatic nitrogens is 5. The third kappa shape index (κ3) is 3.05. The number of rotatable bonds is 3. The second kappa shape index (κ2) is 6.55. The highest BCUT2D eigenvalue weighted by Crippen LogP contribution is 2.40. The minimum atomic E-state index is -3.22. The fraction of sp³-hybridized carbons (Fsp3) is 0.333. The van der Waals surface area contributed by atoms with E-state index in [1.54, 1.807) is 6.07 Å². The predicted molar refractivity (Wildman–Crippen MR) is 109 cm³/mol. The van der Waals surface area contributed by atoms with Gasteiger partial charge in [-0.25, -0.2) is 9.97 Å². The van der Waals surface area contributed by atoms with E-state index in [-0.39, 0.29) is 24.5 Å². The first kappa shape index (κ1) is 18.4. The molecule has 0 fully saturated rings. The molecule has 4 aromatic rings. The number of aryl methyl sites for hydroxylation is 1. The van der Waals surface area contributed by atoms with E-state index in [9.17, 15) is 8.78 Å². The van der Waals surface area contributed by atoms with Crippen LogP contribution in [0.1, 0.15) is 29.1 Å². The molecule has 0 amide bonds. The summed E-state index contributed by atoms with van der Waals surface area (Å²) in [5.74, 6) is 0.786. The summed E-state index contributed by atoms with van der Waals surface area (Å²) in [4.78, 5) is 15.7. The maximum absolute atomic E-state index is 13.9. The summed E-state index contributed by atoms with van der Waals surface area (Å²) >= 11 is 0. The molecule has 2 aliphatic heterocycles. The highest BCUT2D eigenvalue weighted by Gasteiger charge is 2.37. The molecule has 0 saturated heterocycles. The molecule has 0 bridgehead atoms. The van der Waals surface area contributed by atoms with Crippen molar-refractivity contribution in [3.8, 4) is 5.75 Å². The van der Waals surface area contributed by atoms with Crippen LogP contribution in [0.5, 0.6) is 5.75 Å². The van der Waals surface area contributed by atoms with Crippen molar-refractivity contribution < 1.29 is 13.5 Å². The molecule has 158 valence electrons. The molecular formula is C21H19F2N7O. The van der Waals surface area contributed by atoms with Gasteiger partial charge in [-0.1, -0.05) is 12.1 Å². The maximum atomic E-state index is 13.9. The van der Waals surface area contributed by atoms with Crippen LogP contribution in [0.4, 0.5) is 14.7 Å².